The number of hydrogen-bond donors (Lipinski definition) is 3. The zero-order chi connectivity index (χ0) is 15.2. The smallest absolute Gasteiger partial charge is 0.319 e. The molecule has 6 heteroatoms. The van der Waals surface area contributed by atoms with Crippen LogP contribution < -0.4 is 15.4 Å². The molecule has 0 saturated carbocycles. The monoisotopic (exact) mass is 284 g/mol. The first-order valence-electron chi connectivity index (χ1n) is 6.53. The van der Waals surface area contributed by atoms with E-state index >= 15 is 0 Å². The fraction of sp³-hybridized carbons (Fsp3) is 0.500. The third-order valence-corrected chi connectivity index (χ3v) is 3.44. The average Bonchev–Trinajstić information content (AvgIpc) is 2.45. The molecule has 0 aliphatic heterocycles. The van der Waals surface area contributed by atoms with E-state index in [-0.39, 0.29) is 12.4 Å². The van der Waals surface area contributed by atoms with Crippen molar-refractivity contribution < 1.29 is 19.0 Å². The number of urea groups is 1. The fourth-order valence-corrected chi connectivity index (χ4v) is 1.84. The Morgan fingerprint density at radius 2 is 2.05 bits per heavy atom. The van der Waals surface area contributed by atoms with Gasteiger partial charge in [-0.25, -0.2) is 9.18 Å². The highest BCUT2D eigenvalue weighted by molar-refractivity contribution is 5.89. The molecule has 3 N–H and O–H groups in total. The second kappa shape index (κ2) is 7.09. The van der Waals surface area contributed by atoms with Crippen LogP contribution in [0.3, 0.4) is 0 Å². The third kappa shape index (κ3) is 3.84. The number of amides is 2. The Kier molecular flexibility index (Phi) is 5.76. The van der Waals surface area contributed by atoms with Crippen LogP contribution >= 0.6 is 0 Å². The summed E-state index contributed by atoms with van der Waals surface area (Å²) in [5.74, 6) is -0.438. The minimum atomic E-state index is -0.658. The van der Waals surface area contributed by atoms with E-state index in [0.717, 1.165) is 0 Å². The second-order valence-electron chi connectivity index (χ2n) is 4.57. The number of aliphatic hydroxyl groups is 1. The van der Waals surface area contributed by atoms with Crippen LogP contribution in [0.15, 0.2) is 18.2 Å². The van der Waals surface area contributed by atoms with Crippen LogP contribution in [-0.2, 0) is 0 Å². The summed E-state index contributed by atoms with van der Waals surface area (Å²) in [4.78, 5) is 11.9. The molecule has 0 fully saturated rings. The summed E-state index contributed by atoms with van der Waals surface area (Å²) in [6.45, 7) is 3.62. The second-order valence-corrected chi connectivity index (χ2v) is 4.57. The van der Waals surface area contributed by atoms with E-state index in [1.54, 1.807) is 6.07 Å². The Hall–Kier alpha value is -1.82. The van der Waals surface area contributed by atoms with Gasteiger partial charge in [-0.2, -0.15) is 0 Å². The van der Waals surface area contributed by atoms with Gasteiger partial charge in [0.1, 0.15) is 0 Å². The van der Waals surface area contributed by atoms with E-state index in [4.69, 9.17) is 4.74 Å². The predicted molar refractivity (Wildman–Crippen MR) is 75.5 cm³/mol. The predicted octanol–water partition coefficient (Wildman–Crippen LogP) is 2.51. The normalized spacial score (nSPS) is 11.1. The lowest BCUT2D eigenvalue weighted by molar-refractivity contribution is 0.155. The molecule has 20 heavy (non-hydrogen) atoms. The van der Waals surface area contributed by atoms with E-state index in [0.29, 0.717) is 18.5 Å². The van der Waals surface area contributed by atoms with Crippen molar-refractivity contribution in [3.05, 3.63) is 24.0 Å². The van der Waals surface area contributed by atoms with Gasteiger partial charge in [0.25, 0.3) is 0 Å². The molecule has 0 atom stereocenters. The van der Waals surface area contributed by atoms with Crippen LogP contribution in [0, 0.1) is 5.82 Å². The number of hydrogen-bond acceptors (Lipinski definition) is 3. The Morgan fingerprint density at radius 3 is 2.50 bits per heavy atom. The Bertz CT molecular complexity index is 453. The highest BCUT2D eigenvalue weighted by atomic mass is 19.1. The quantitative estimate of drug-likeness (QED) is 0.751. The van der Waals surface area contributed by atoms with Crippen LogP contribution in [0.25, 0.3) is 0 Å². The number of rotatable bonds is 6. The number of carbonyl (C=O) groups is 1. The topological polar surface area (TPSA) is 70.6 Å². The largest absolute Gasteiger partial charge is 0.494 e. The summed E-state index contributed by atoms with van der Waals surface area (Å²) in [5, 5.41) is 14.6. The van der Waals surface area contributed by atoms with E-state index in [9.17, 15) is 14.3 Å². The lowest BCUT2D eigenvalue weighted by Crippen LogP contribution is -2.52. The highest BCUT2D eigenvalue weighted by Gasteiger charge is 2.27. The summed E-state index contributed by atoms with van der Waals surface area (Å²) in [6, 6.07) is 3.67. The number of carbonyl (C=O) groups excluding carboxylic acids is 1. The van der Waals surface area contributed by atoms with E-state index in [1.807, 2.05) is 13.8 Å². The lowest BCUT2D eigenvalue weighted by Gasteiger charge is -2.30. The number of benzene rings is 1. The molecule has 0 aromatic heterocycles. The summed E-state index contributed by atoms with van der Waals surface area (Å²) < 4.78 is 18.3. The molecule has 5 nitrogen and oxygen atoms in total. The van der Waals surface area contributed by atoms with E-state index in [1.165, 1.54) is 19.2 Å². The van der Waals surface area contributed by atoms with Gasteiger partial charge in [0.2, 0.25) is 0 Å². The van der Waals surface area contributed by atoms with Crippen molar-refractivity contribution in [2.75, 3.05) is 19.0 Å². The first-order chi connectivity index (χ1) is 9.50. The molecule has 0 aliphatic carbocycles. The summed E-state index contributed by atoms with van der Waals surface area (Å²) in [7, 11) is 1.37. The number of ether oxygens (including phenoxy) is 1. The maximum absolute atomic E-state index is 13.5. The molecule has 0 aliphatic rings. The van der Waals surface area contributed by atoms with E-state index in [2.05, 4.69) is 10.6 Å². The van der Waals surface area contributed by atoms with Crippen molar-refractivity contribution >= 4 is 11.7 Å². The van der Waals surface area contributed by atoms with Crippen LogP contribution in [0.5, 0.6) is 5.75 Å². The molecule has 0 radical (unpaired) electrons. The molecule has 0 unspecified atom stereocenters. The molecule has 2 amide bonds. The summed E-state index contributed by atoms with van der Waals surface area (Å²) in [5.41, 5.74) is -0.338. The van der Waals surface area contributed by atoms with Crippen molar-refractivity contribution in [3.63, 3.8) is 0 Å². The molecule has 112 valence electrons. The SMILES string of the molecule is CCC(CC)(CO)NC(=O)Nc1ccc(OC)c(F)c1. The molecule has 0 heterocycles. The number of halogens is 1. The number of nitrogens with one attached hydrogen (secondary N) is 2. The Morgan fingerprint density at radius 1 is 1.40 bits per heavy atom. The zero-order valence-electron chi connectivity index (χ0n) is 12.0. The molecule has 1 rings (SSSR count). The maximum atomic E-state index is 13.5. The van der Waals surface area contributed by atoms with Gasteiger partial charge >= 0.3 is 6.03 Å². The summed E-state index contributed by atoms with van der Waals surface area (Å²) >= 11 is 0. The van der Waals surface area contributed by atoms with Gasteiger partial charge in [0.05, 0.1) is 19.3 Å². The van der Waals surface area contributed by atoms with Crippen LogP contribution in [0.4, 0.5) is 14.9 Å². The zero-order valence-corrected chi connectivity index (χ0v) is 12.0. The molecular formula is C14H21FN2O3. The minimum Gasteiger partial charge on any atom is -0.494 e. The third-order valence-electron chi connectivity index (χ3n) is 3.44. The van der Waals surface area contributed by atoms with Crippen molar-refractivity contribution in [2.45, 2.75) is 32.2 Å². The Balaban J connectivity index is 2.73. The number of anilines is 1. The van der Waals surface area contributed by atoms with Crippen LogP contribution in [0.2, 0.25) is 0 Å². The minimum absolute atomic E-state index is 0.114. The van der Waals surface area contributed by atoms with Crippen LogP contribution in [0.1, 0.15) is 26.7 Å². The van der Waals surface area contributed by atoms with Crippen molar-refractivity contribution in [1.29, 1.82) is 0 Å². The van der Waals surface area contributed by atoms with Gasteiger partial charge in [0, 0.05) is 11.8 Å². The maximum Gasteiger partial charge on any atom is 0.319 e. The van der Waals surface area contributed by atoms with Crippen molar-refractivity contribution in [3.8, 4) is 5.75 Å². The fourth-order valence-electron chi connectivity index (χ4n) is 1.84. The standard InChI is InChI=1S/C14H21FN2O3/c1-4-14(5-2,9-18)17-13(19)16-10-6-7-12(20-3)11(15)8-10/h6-8,18H,4-5,9H2,1-3H3,(H2,16,17,19). The van der Waals surface area contributed by atoms with Gasteiger partial charge in [-0.15, -0.1) is 0 Å². The van der Waals surface area contributed by atoms with Crippen molar-refractivity contribution in [1.82, 2.24) is 5.32 Å². The number of methoxy groups -OCH3 is 1. The van der Waals surface area contributed by atoms with Gasteiger partial charge in [-0.3, -0.25) is 0 Å². The average molecular weight is 284 g/mol. The summed E-state index contributed by atoms with van der Waals surface area (Å²) in [6.07, 6.45) is 1.20. The lowest BCUT2D eigenvalue weighted by atomic mass is 9.94. The Labute approximate surface area is 118 Å². The molecular weight excluding hydrogens is 263 g/mol. The molecule has 0 spiro atoms. The highest BCUT2D eigenvalue weighted by Crippen LogP contribution is 2.21. The molecule has 1 aromatic carbocycles. The van der Waals surface area contributed by atoms with Gasteiger partial charge in [-0.1, -0.05) is 13.8 Å². The number of aliphatic hydroxyl groups excluding tert-OH is 1. The van der Waals surface area contributed by atoms with Crippen LogP contribution in [-0.4, -0.2) is 30.4 Å². The molecule has 0 saturated heterocycles. The molecule has 0 bridgehead atoms. The van der Waals surface area contributed by atoms with Gasteiger partial charge in [0.15, 0.2) is 11.6 Å². The molecule has 1 aromatic rings. The van der Waals surface area contributed by atoms with Gasteiger partial charge in [-0.05, 0) is 25.0 Å². The van der Waals surface area contributed by atoms with Crippen molar-refractivity contribution in [2.24, 2.45) is 0 Å². The van der Waals surface area contributed by atoms with Gasteiger partial charge < -0.3 is 20.5 Å². The first kappa shape index (κ1) is 16.2. The first-order valence-corrected chi connectivity index (χ1v) is 6.53. The van der Waals surface area contributed by atoms with E-state index < -0.39 is 17.4 Å².